The van der Waals surface area contributed by atoms with Gasteiger partial charge in [-0.3, -0.25) is 0 Å². The Kier molecular flexibility index (Phi) is 4.03. The molecule has 0 fully saturated rings. The zero-order valence-electron chi connectivity index (χ0n) is 13.4. The molecule has 1 unspecified atom stereocenters. The zero-order chi connectivity index (χ0) is 14.9. The molecular weight excluding hydrogens is 248 g/mol. The first-order valence-corrected chi connectivity index (χ1v) is 7.36. The predicted molar refractivity (Wildman–Crippen MR) is 84.4 cm³/mol. The third-order valence-corrected chi connectivity index (χ3v) is 3.59. The van der Waals surface area contributed by atoms with Gasteiger partial charge in [0, 0.05) is 12.1 Å². The van der Waals surface area contributed by atoms with Crippen LogP contribution in [0.3, 0.4) is 0 Å². The average molecular weight is 273 g/mol. The molecular formula is C18H25O2+. The highest BCUT2D eigenvalue weighted by Crippen LogP contribution is 2.31. The van der Waals surface area contributed by atoms with Crippen LogP contribution in [0.2, 0.25) is 0 Å². The van der Waals surface area contributed by atoms with Crippen molar-refractivity contribution in [3.63, 3.8) is 0 Å². The summed E-state index contributed by atoms with van der Waals surface area (Å²) >= 11 is 0. The Hall–Kier alpha value is -1.57. The third kappa shape index (κ3) is 3.12. The minimum Gasteiger partial charge on any atom is -0.491 e. The van der Waals surface area contributed by atoms with Gasteiger partial charge < -0.3 is 4.74 Å². The molecule has 1 aromatic carbocycles. The molecule has 0 aliphatic rings. The zero-order valence-corrected chi connectivity index (χ0v) is 13.4. The molecule has 2 rings (SSSR count). The quantitative estimate of drug-likeness (QED) is 0.688. The molecule has 0 radical (unpaired) electrons. The lowest BCUT2D eigenvalue weighted by atomic mass is 9.91. The fourth-order valence-electron chi connectivity index (χ4n) is 2.09. The SMILES string of the molecule is CCC(C)Oc1ccc2[o+]c(C(C)(C)C)cc(C)c2c1. The summed E-state index contributed by atoms with van der Waals surface area (Å²) in [5, 5.41) is 1.12. The summed E-state index contributed by atoms with van der Waals surface area (Å²) in [5.41, 5.74) is 2.17. The van der Waals surface area contributed by atoms with Gasteiger partial charge in [0.25, 0.3) is 0 Å². The minimum atomic E-state index is 0.0187. The summed E-state index contributed by atoms with van der Waals surface area (Å²) in [4.78, 5) is 0. The molecule has 0 aliphatic heterocycles. The van der Waals surface area contributed by atoms with Crippen LogP contribution in [0.1, 0.15) is 52.4 Å². The fraction of sp³-hybridized carbons (Fsp3) is 0.500. The Morgan fingerprint density at radius 2 is 1.90 bits per heavy atom. The summed E-state index contributed by atoms with van der Waals surface area (Å²) in [6.07, 6.45) is 1.24. The minimum absolute atomic E-state index is 0.0187. The van der Waals surface area contributed by atoms with Crippen molar-refractivity contribution in [2.75, 3.05) is 0 Å². The number of aryl methyl sites for hydroxylation is 1. The molecule has 1 atom stereocenters. The molecule has 20 heavy (non-hydrogen) atoms. The van der Waals surface area contributed by atoms with E-state index in [9.17, 15) is 0 Å². The van der Waals surface area contributed by atoms with Gasteiger partial charge in [-0.2, -0.15) is 0 Å². The molecule has 2 heteroatoms. The van der Waals surface area contributed by atoms with Crippen molar-refractivity contribution in [3.05, 3.63) is 35.6 Å². The maximum Gasteiger partial charge on any atom is 0.360 e. The van der Waals surface area contributed by atoms with Gasteiger partial charge in [-0.15, -0.1) is 0 Å². The Labute approximate surface area is 121 Å². The molecule has 0 N–H and O–H groups in total. The number of benzene rings is 1. The van der Waals surface area contributed by atoms with Crippen molar-refractivity contribution in [3.8, 4) is 5.75 Å². The molecule has 0 aliphatic carbocycles. The molecule has 1 aromatic heterocycles. The van der Waals surface area contributed by atoms with Gasteiger partial charge >= 0.3 is 11.3 Å². The summed E-state index contributed by atoms with van der Waals surface area (Å²) in [6.45, 7) is 12.8. The summed E-state index contributed by atoms with van der Waals surface area (Å²) in [7, 11) is 0. The van der Waals surface area contributed by atoms with Gasteiger partial charge in [0.15, 0.2) is 0 Å². The molecule has 0 spiro atoms. The normalized spacial score (nSPS) is 13.5. The molecule has 1 heterocycles. The summed E-state index contributed by atoms with van der Waals surface area (Å²) in [5.74, 6) is 1.92. The van der Waals surface area contributed by atoms with Crippen molar-refractivity contribution in [2.24, 2.45) is 0 Å². The van der Waals surface area contributed by atoms with Crippen molar-refractivity contribution >= 4 is 11.0 Å². The van der Waals surface area contributed by atoms with Crippen LogP contribution >= 0.6 is 0 Å². The van der Waals surface area contributed by atoms with Crippen molar-refractivity contribution in [2.45, 2.75) is 59.5 Å². The Balaban J connectivity index is 2.47. The Morgan fingerprint density at radius 3 is 2.50 bits per heavy atom. The summed E-state index contributed by atoms with van der Waals surface area (Å²) < 4.78 is 11.9. The van der Waals surface area contributed by atoms with E-state index in [1.807, 2.05) is 12.1 Å². The van der Waals surface area contributed by atoms with Gasteiger partial charge in [0.2, 0.25) is 0 Å². The lowest BCUT2D eigenvalue weighted by molar-refractivity contribution is 0.217. The van der Waals surface area contributed by atoms with Gasteiger partial charge in [0.05, 0.1) is 16.9 Å². The van der Waals surface area contributed by atoms with Crippen LogP contribution in [0.4, 0.5) is 0 Å². The molecule has 0 saturated carbocycles. The first-order valence-electron chi connectivity index (χ1n) is 7.36. The molecule has 0 amide bonds. The van der Waals surface area contributed by atoms with Gasteiger partial charge in [-0.05, 0) is 58.7 Å². The first kappa shape index (κ1) is 14.8. The van der Waals surface area contributed by atoms with Crippen LogP contribution in [-0.2, 0) is 5.41 Å². The van der Waals surface area contributed by atoms with E-state index in [0.29, 0.717) is 0 Å². The van der Waals surface area contributed by atoms with Crippen molar-refractivity contribution < 1.29 is 9.15 Å². The highest BCUT2D eigenvalue weighted by Gasteiger charge is 2.28. The van der Waals surface area contributed by atoms with Crippen LogP contribution in [0.25, 0.3) is 11.0 Å². The van der Waals surface area contributed by atoms with Crippen LogP contribution < -0.4 is 4.74 Å². The second kappa shape index (κ2) is 5.43. The van der Waals surface area contributed by atoms with Crippen LogP contribution in [-0.4, -0.2) is 6.10 Å². The topological polar surface area (TPSA) is 20.5 Å². The van der Waals surface area contributed by atoms with E-state index in [1.165, 1.54) is 5.56 Å². The highest BCUT2D eigenvalue weighted by atomic mass is 16.5. The van der Waals surface area contributed by atoms with Crippen molar-refractivity contribution in [1.82, 2.24) is 0 Å². The van der Waals surface area contributed by atoms with E-state index in [0.717, 1.165) is 28.9 Å². The maximum absolute atomic E-state index is 6.04. The number of rotatable bonds is 3. The van der Waals surface area contributed by atoms with Gasteiger partial charge in [-0.1, -0.05) is 6.92 Å². The van der Waals surface area contributed by atoms with Gasteiger partial charge in [0.1, 0.15) is 5.75 Å². The lowest BCUT2D eigenvalue weighted by Gasteiger charge is -2.13. The molecule has 108 valence electrons. The molecule has 2 nitrogen and oxygen atoms in total. The van der Waals surface area contributed by atoms with Crippen LogP contribution in [0, 0.1) is 6.92 Å². The predicted octanol–water partition coefficient (Wildman–Crippen LogP) is 5.50. The first-order chi connectivity index (χ1) is 9.31. The number of hydrogen-bond donors (Lipinski definition) is 0. The second-order valence-corrected chi connectivity index (χ2v) is 6.54. The van der Waals surface area contributed by atoms with E-state index in [1.54, 1.807) is 0 Å². The van der Waals surface area contributed by atoms with Crippen LogP contribution in [0.5, 0.6) is 5.75 Å². The molecule has 2 aromatic rings. The van der Waals surface area contributed by atoms with Crippen molar-refractivity contribution in [1.29, 1.82) is 0 Å². The van der Waals surface area contributed by atoms with Crippen LogP contribution in [0.15, 0.2) is 28.7 Å². The highest BCUT2D eigenvalue weighted by molar-refractivity contribution is 5.81. The van der Waals surface area contributed by atoms with E-state index in [2.05, 4.69) is 53.7 Å². The van der Waals surface area contributed by atoms with E-state index in [-0.39, 0.29) is 11.5 Å². The Bertz CT molecular complexity index is 609. The van der Waals surface area contributed by atoms with Gasteiger partial charge in [-0.25, -0.2) is 4.42 Å². The number of hydrogen-bond acceptors (Lipinski definition) is 1. The lowest BCUT2D eigenvalue weighted by Crippen LogP contribution is -2.11. The summed E-state index contributed by atoms with van der Waals surface area (Å²) in [6, 6.07) is 8.21. The van der Waals surface area contributed by atoms with E-state index in [4.69, 9.17) is 9.15 Å². The van der Waals surface area contributed by atoms with E-state index < -0.39 is 0 Å². The largest absolute Gasteiger partial charge is 0.491 e. The average Bonchev–Trinajstić information content (AvgIpc) is 2.38. The third-order valence-electron chi connectivity index (χ3n) is 3.59. The van der Waals surface area contributed by atoms with E-state index >= 15 is 0 Å². The fourth-order valence-corrected chi connectivity index (χ4v) is 2.09. The second-order valence-electron chi connectivity index (χ2n) is 6.54. The number of ether oxygens (including phenoxy) is 1. The number of fused-ring (bicyclic) bond motifs is 1. The molecule has 0 bridgehead atoms. The molecule has 0 saturated heterocycles. The Morgan fingerprint density at radius 1 is 1.20 bits per heavy atom. The smallest absolute Gasteiger partial charge is 0.360 e. The standard InChI is InChI=1S/C18H25O2/c1-7-13(3)19-14-8-9-16-15(11-14)12(2)10-17(20-16)18(4,5)6/h8-11,13H,7H2,1-6H3/q+1. The monoisotopic (exact) mass is 273 g/mol. The maximum atomic E-state index is 6.04.